The molecule has 1 atom stereocenters. The first-order chi connectivity index (χ1) is 10.0. The largest absolute Gasteiger partial charge is 0.389 e. The van der Waals surface area contributed by atoms with Gasteiger partial charge in [0, 0.05) is 13.2 Å². The van der Waals surface area contributed by atoms with E-state index in [1.54, 1.807) is 18.2 Å². The van der Waals surface area contributed by atoms with E-state index in [9.17, 15) is 5.11 Å². The van der Waals surface area contributed by atoms with Gasteiger partial charge in [0.25, 0.3) is 0 Å². The van der Waals surface area contributed by atoms with Gasteiger partial charge in [-0.05, 0) is 37.0 Å². The quantitative estimate of drug-likeness (QED) is 0.686. The van der Waals surface area contributed by atoms with Crippen LogP contribution in [0.15, 0.2) is 18.2 Å². The number of halogens is 1. The average molecular weight is 311 g/mol. The molecule has 1 aromatic rings. The molecule has 0 saturated carbocycles. The van der Waals surface area contributed by atoms with Crippen molar-refractivity contribution in [3.05, 3.63) is 28.8 Å². The van der Waals surface area contributed by atoms with Crippen LogP contribution in [0.2, 0.25) is 5.02 Å². The van der Waals surface area contributed by atoms with E-state index in [0.717, 1.165) is 12.8 Å². The van der Waals surface area contributed by atoms with E-state index in [1.807, 2.05) is 0 Å². The predicted molar refractivity (Wildman–Crippen MR) is 85.6 cm³/mol. The van der Waals surface area contributed by atoms with Crippen LogP contribution in [0.5, 0.6) is 0 Å². The topological polar surface area (TPSA) is 65.3 Å². The highest BCUT2D eigenvalue weighted by Gasteiger charge is 2.07. The van der Waals surface area contributed by atoms with Gasteiger partial charge >= 0.3 is 0 Å². The van der Waals surface area contributed by atoms with Crippen LogP contribution in [0.1, 0.15) is 32.3 Å². The smallest absolute Gasteiger partial charge is 0.0992 e. The van der Waals surface area contributed by atoms with Crippen LogP contribution in [0.3, 0.4) is 0 Å². The second kappa shape index (κ2) is 9.62. The van der Waals surface area contributed by atoms with Crippen molar-refractivity contribution in [2.24, 2.45) is 5.92 Å². The number of aliphatic hydroxyl groups excluding tert-OH is 1. The van der Waals surface area contributed by atoms with Crippen molar-refractivity contribution in [2.75, 3.05) is 25.1 Å². The fourth-order valence-corrected chi connectivity index (χ4v) is 2.01. The Morgan fingerprint density at radius 1 is 1.43 bits per heavy atom. The standard InChI is InChI=1S/C16H23ClN2O2/c1-12(2)4-3-7-21-11-14(20)10-19-16-8-13(9-18)5-6-15(16)17/h5-6,8,12,14,19-20H,3-4,7,10-11H2,1-2H3. The number of anilines is 1. The Morgan fingerprint density at radius 3 is 2.86 bits per heavy atom. The zero-order valence-electron chi connectivity index (χ0n) is 12.6. The number of hydrogen-bond acceptors (Lipinski definition) is 4. The first-order valence-corrected chi connectivity index (χ1v) is 7.60. The first-order valence-electron chi connectivity index (χ1n) is 7.22. The summed E-state index contributed by atoms with van der Waals surface area (Å²) in [4.78, 5) is 0. The Balaban J connectivity index is 2.27. The minimum Gasteiger partial charge on any atom is -0.389 e. The summed E-state index contributed by atoms with van der Waals surface area (Å²) in [6.07, 6.45) is 1.53. The Labute approximate surface area is 131 Å². The van der Waals surface area contributed by atoms with Crippen LogP contribution >= 0.6 is 11.6 Å². The van der Waals surface area contributed by atoms with Crippen molar-refractivity contribution in [1.82, 2.24) is 0 Å². The highest BCUT2D eigenvalue weighted by atomic mass is 35.5. The molecule has 0 radical (unpaired) electrons. The van der Waals surface area contributed by atoms with E-state index in [1.165, 1.54) is 0 Å². The normalized spacial score (nSPS) is 12.2. The third kappa shape index (κ3) is 7.33. The maximum absolute atomic E-state index is 9.84. The molecule has 0 amide bonds. The molecule has 0 aliphatic heterocycles. The Kier molecular flexibility index (Phi) is 8.14. The number of nitrogens with one attached hydrogen (secondary N) is 1. The molecule has 0 aromatic heterocycles. The second-order valence-corrected chi connectivity index (χ2v) is 5.86. The summed E-state index contributed by atoms with van der Waals surface area (Å²) in [5, 5.41) is 22.2. The fraction of sp³-hybridized carbons (Fsp3) is 0.562. The van der Waals surface area contributed by atoms with Gasteiger partial charge < -0.3 is 15.2 Å². The molecule has 0 aliphatic carbocycles. The van der Waals surface area contributed by atoms with E-state index < -0.39 is 6.10 Å². The molecule has 0 spiro atoms. The van der Waals surface area contributed by atoms with Gasteiger partial charge in [0.2, 0.25) is 0 Å². The van der Waals surface area contributed by atoms with Crippen molar-refractivity contribution < 1.29 is 9.84 Å². The van der Waals surface area contributed by atoms with Crippen LogP contribution in [0, 0.1) is 17.2 Å². The summed E-state index contributed by atoms with van der Waals surface area (Å²) in [6, 6.07) is 7.04. The van der Waals surface area contributed by atoms with Crippen molar-refractivity contribution in [3.8, 4) is 6.07 Å². The van der Waals surface area contributed by atoms with E-state index in [-0.39, 0.29) is 0 Å². The maximum atomic E-state index is 9.84. The molecule has 1 unspecified atom stereocenters. The summed E-state index contributed by atoms with van der Waals surface area (Å²) in [7, 11) is 0. The third-order valence-electron chi connectivity index (χ3n) is 3.00. The summed E-state index contributed by atoms with van der Waals surface area (Å²) >= 11 is 6.03. The maximum Gasteiger partial charge on any atom is 0.0992 e. The van der Waals surface area contributed by atoms with Crippen molar-refractivity contribution in [2.45, 2.75) is 32.8 Å². The Bertz CT molecular complexity index is 472. The molecule has 0 saturated heterocycles. The monoisotopic (exact) mass is 310 g/mol. The fourth-order valence-electron chi connectivity index (χ4n) is 1.83. The van der Waals surface area contributed by atoms with Gasteiger partial charge in [-0.1, -0.05) is 25.4 Å². The van der Waals surface area contributed by atoms with Gasteiger partial charge in [-0.3, -0.25) is 0 Å². The lowest BCUT2D eigenvalue weighted by molar-refractivity contribution is 0.0409. The molecule has 116 valence electrons. The lowest BCUT2D eigenvalue weighted by atomic mass is 10.1. The molecule has 0 bridgehead atoms. The molecular weight excluding hydrogens is 288 g/mol. The van der Waals surface area contributed by atoms with Crippen molar-refractivity contribution in [3.63, 3.8) is 0 Å². The molecule has 0 fully saturated rings. The molecule has 0 heterocycles. The number of nitriles is 1. The number of aliphatic hydroxyl groups is 1. The molecule has 1 aromatic carbocycles. The van der Waals surface area contributed by atoms with E-state index in [0.29, 0.717) is 41.9 Å². The van der Waals surface area contributed by atoms with Crippen LogP contribution in [-0.4, -0.2) is 31.0 Å². The lowest BCUT2D eigenvalue weighted by Gasteiger charge is -2.14. The zero-order valence-corrected chi connectivity index (χ0v) is 13.4. The minimum atomic E-state index is -0.606. The molecular formula is C16H23ClN2O2. The molecule has 4 nitrogen and oxygen atoms in total. The third-order valence-corrected chi connectivity index (χ3v) is 3.33. The van der Waals surface area contributed by atoms with Gasteiger partial charge in [-0.2, -0.15) is 5.26 Å². The zero-order chi connectivity index (χ0) is 15.7. The summed E-state index contributed by atoms with van der Waals surface area (Å²) < 4.78 is 5.43. The summed E-state index contributed by atoms with van der Waals surface area (Å²) in [5.74, 6) is 0.676. The van der Waals surface area contributed by atoms with Crippen LogP contribution in [-0.2, 0) is 4.74 Å². The summed E-state index contributed by atoms with van der Waals surface area (Å²) in [5.41, 5.74) is 1.18. The van der Waals surface area contributed by atoms with Gasteiger partial charge in [0.1, 0.15) is 0 Å². The van der Waals surface area contributed by atoms with Crippen LogP contribution in [0.25, 0.3) is 0 Å². The number of ether oxygens (including phenoxy) is 1. The van der Waals surface area contributed by atoms with Crippen molar-refractivity contribution >= 4 is 17.3 Å². The predicted octanol–water partition coefficient (Wildman–Crippen LogP) is 3.44. The number of benzene rings is 1. The van der Waals surface area contributed by atoms with E-state index in [4.69, 9.17) is 21.6 Å². The summed E-state index contributed by atoms with van der Waals surface area (Å²) in [6.45, 7) is 5.65. The van der Waals surface area contributed by atoms with Gasteiger partial charge in [0.05, 0.1) is 35.1 Å². The molecule has 2 N–H and O–H groups in total. The second-order valence-electron chi connectivity index (χ2n) is 5.45. The number of hydrogen-bond donors (Lipinski definition) is 2. The van der Waals surface area contributed by atoms with Crippen LogP contribution in [0.4, 0.5) is 5.69 Å². The molecule has 0 aliphatic rings. The van der Waals surface area contributed by atoms with Gasteiger partial charge in [0.15, 0.2) is 0 Å². The number of nitrogens with zero attached hydrogens (tertiary/aromatic N) is 1. The molecule has 1 rings (SSSR count). The van der Waals surface area contributed by atoms with Crippen LogP contribution < -0.4 is 5.32 Å². The van der Waals surface area contributed by atoms with E-state index in [2.05, 4.69) is 25.2 Å². The minimum absolute atomic E-state index is 0.292. The Hall–Kier alpha value is -1.28. The molecule has 21 heavy (non-hydrogen) atoms. The van der Waals surface area contributed by atoms with Gasteiger partial charge in [-0.25, -0.2) is 0 Å². The average Bonchev–Trinajstić information content (AvgIpc) is 2.45. The van der Waals surface area contributed by atoms with Gasteiger partial charge in [-0.15, -0.1) is 0 Å². The molecule has 5 heteroatoms. The SMILES string of the molecule is CC(C)CCCOCC(O)CNc1cc(C#N)ccc1Cl. The highest BCUT2D eigenvalue weighted by Crippen LogP contribution is 2.22. The van der Waals surface area contributed by atoms with Crippen molar-refractivity contribution in [1.29, 1.82) is 5.26 Å². The Morgan fingerprint density at radius 2 is 2.19 bits per heavy atom. The first kappa shape index (κ1) is 17.8. The number of rotatable bonds is 9. The lowest BCUT2D eigenvalue weighted by Crippen LogP contribution is -2.25. The highest BCUT2D eigenvalue weighted by molar-refractivity contribution is 6.33. The van der Waals surface area contributed by atoms with E-state index >= 15 is 0 Å².